The molecule has 0 radical (unpaired) electrons. The zero-order valence-electron chi connectivity index (χ0n) is 11.1. The molecule has 0 saturated carbocycles. The van der Waals surface area contributed by atoms with Crippen LogP contribution in [0.1, 0.15) is 5.56 Å². The van der Waals surface area contributed by atoms with Crippen molar-refractivity contribution in [3.63, 3.8) is 0 Å². The lowest BCUT2D eigenvalue weighted by Crippen LogP contribution is -2.33. The van der Waals surface area contributed by atoms with Crippen LogP contribution in [0.2, 0.25) is 0 Å². The Labute approximate surface area is 108 Å². The molecule has 1 aliphatic heterocycles. The predicted molar refractivity (Wildman–Crippen MR) is 69.9 cm³/mol. The monoisotopic (exact) mass is 251 g/mol. The molecule has 4 heteroatoms. The first-order chi connectivity index (χ1) is 8.81. The molecule has 1 saturated heterocycles. The van der Waals surface area contributed by atoms with E-state index in [1.807, 2.05) is 12.1 Å². The number of ether oxygens (including phenoxy) is 3. The Kier molecular flexibility index (Phi) is 4.99. The van der Waals surface area contributed by atoms with Gasteiger partial charge in [0.2, 0.25) is 0 Å². The maximum atomic E-state index is 5.52. The Hall–Kier alpha value is -1.10. The van der Waals surface area contributed by atoms with E-state index in [-0.39, 0.29) is 6.10 Å². The lowest BCUT2D eigenvalue weighted by atomic mass is 10.2. The van der Waals surface area contributed by atoms with E-state index >= 15 is 0 Å². The molecule has 0 N–H and O–H groups in total. The smallest absolute Gasteiger partial charge is 0.118 e. The second-order valence-electron chi connectivity index (χ2n) is 4.52. The average Bonchev–Trinajstić information content (AvgIpc) is 2.65. The second kappa shape index (κ2) is 6.73. The van der Waals surface area contributed by atoms with Gasteiger partial charge in [0.25, 0.3) is 0 Å². The molecule has 0 spiro atoms. The Morgan fingerprint density at radius 2 is 2.06 bits per heavy atom. The van der Waals surface area contributed by atoms with Gasteiger partial charge in [0.05, 0.1) is 26.4 Å². The first kappa shape index (κ1) is 13.3. The molecule has 0 amide bonds. The van der Waals surface area contributed by atoms with Crippen LogP contribution < -0.4 is 4.74 Å². The lowest BCUT2D eigenvalue weighted by molar-refractivity contribution is 0.0225. The molecule has 1 heterocycles. The SMILES string of the molecule is COc1ccc(CN2CCOC[C@H](OC)C2)cc1. The van der Waals surface area contributed by atoms with Crippen molar-refractivity contribution in [2.45, 2.75) is 12.6 Å². The first-order valence-electron chi connectivity index (χ1n) is 6.27. The maximum absolute atomic E-state index is 5.52. The van der Waals surface area contributed by atoms with Crippen molar-refractivity contribution in [1.29, 1.82) is 0 Å². The van der Waals surface area contributed by atoms with Crippen LogP contribution >= 0.6 is 0 Å². The fourth-order valence-corrected chi connectivity index (χ4v) is 2.12. The highest BCUT2D eigenvalue weighted by Crippen LogP contribution is 2.14. The van der Waals surface area contributed by atoms with E-state index in [0.29, 0.717) is 6.61 Å². The van der Waals surface area contributed by atoms with Gasteiger partial charge >= 0.3 is 0 Å². The Balaban J connectivity index is 1.93. The van der Waals surface area contributed by atoms with Gasteiger partial charge in [-0.05, 0) is 17.7 Å². The van der Waals surface area contributed by atoms with Crippen LogP contribution in [0.3, 0.4) is 0 Å². The third-order valence-electron chi connectivity index (χ3n) is 3.22. The minimum Gasteiger partial charge on any atom is -0.497 e. The number of methoxy groups -OCH3 is 2. The number of nitrogens with zero attached hydrogens (tertiary/aromatic N) is 1. The largest absolute Gasteiger partial charge is 0.497 e. The topological polar surface area (TPSA) is 30.9 Å². The van der Waals surface area contributed by atoms with Gasteiger partial charge in [0, 0.05) is 26.7 Å². The fourth-order valence-electron chi connectivity index (χ4n) is 2.12. The van der Waals surface area contributed by atoms with Gasteiger partial charge in [-0.2, -0.15) is 0 Å². The van der Waals surface area contributed by atoms with Gasteiger partial charge in [0.1, 0.15) is 5.75 Å². The zero-order valence-corrected chi connectivity index (χ0v) is 11.1. The molecular weight excluding hydrogens is 230 g/mol. The van der Waals surface area contributed by atoms with Crippen LogP contribution in [0.4, 0.5) is 0 Å². The summed E-state index contributed by atoms with van der Waals surface area (Å²) in [6.07, 6.45) is 0.172. The van der Waals surface area contributed by atoms with Crippen molar-refractivity contribution >= 4 is 0 Å². The minimum absolute atomic E-state index is 0.172. The molecule has 1 aliphatic rings. The van der Waals surface area contributed by atoms with Gasteiger partial charge in [-0.1, -0.05) is 12.1 Å². The second-order valence-corrected chi connectivity index (χ2v) is 4.52. The van der Waals surface area contributed by atoms with E-state index in [9.17, 15) is 0 Å². The van der Waals surface area contributed by atoms with E-state index < -0.39 is 0 Å². The number of hydrogen-bond acceptors (Lipinski definition) is 4. The van der Waals surface area contributed by atoms with E-state index in [1.165, 1.54) is 5.56 Å². The summed E-state index contributed by atoms with van der Waals surface area (Å²) in [4.78, 5) is 2.36. The summed E-state index contributed by atoms with van der Waals surface area (Å²) in [5, 5.41) is 0. The van der Waals surface area contributed by atoms with Crippen molar-refractivity contribution in [1.82, 2.24) is 4.90 Å². The zero-order chi connectivity index (χ0) is 12.8. The molecule has 4 nitrogen and oxygen atoms in total. The number of rotatable bonds is 4. The van der Waals surface area contributed by atoms with Gasteiger partial charge in [0.15, 0.2) is 0 Å². The Morgan fingerprint density at radius 1 is 1.28 bits per heavy atom. The third kappa shape index (κ3) is 3.70. The summed E-state index contributed by atoms with van der Waals surface area (Å²) in [6.45, 7) is 4.26. The van der Waals surface area contributed by atoms with E-state index in [4.69, 9.17) is 14.2 Å². The summed E-state index contributed by atoms with van der Waals surface area (Å²) in [5.41, 5.74) is 1.28. The third-order valence-corrected chi connectivity index (χ3v) is 3.22. The standard InChI is InChI=1S/C14H21NO3/c1-16-13-5-3-12(4-6-13)9-15-7-8-18-11-14(10-15)17-2/h3-6,14H,7-11H2,1-2H3/t14-/m1/s1. The van der Waals surface area contributed by atoms with Gasteiger partial charge < -0.3 is 14.2 Å². The lowest BCUT2D eigenvalue weighted by Gasteiger charge is -2.22. The average molecular weight is 251 g/mol. The van der Waals surface area contributed by atoms with Gasteiger partial charge in [-0.3, -0.25) is 4.90 Å². The maximum Gasteiger partial charge on any atom is 0.118 e. The molecule has 2 rings (SSSR count). The highest BCUT2D eigenvalue weighted by molar-refractivity contribution is 5.27. The minimum atomic E-state index is 0.172. The normalized spacial score (nSPS) is 21.6. The Morgan fingerprint density at radius 3 is 2.72 bits per heavy atom. The molecule has 0 bridgehead atoms. The summed E-state index contributed by atoms with van der Waals surface area (Å²) < 4.78 is 16.1. The van der Waals surface area contributed by atoms with Gasteiger partial charge in [-0.15, -0.1) is 0 Å². The van der Waals surface area contributed by atoms with Crippen LogP contribution in [0, 0.1) is 0 Å². The molecule has 0 unspecified atom stereocenters. The molecule has 1 aromatic carbocycles. The van der Waals surface area contributed by atoms with Crippen molar-refractivity contribution in [2.75, 3.05) is 40.5 Å². The van der Waals surface area contributed by atoms with Crippen molar-refractivity contribution in [2.24, 2.45) is 0 Å². The predicted octanol–water partition coefficient (Wildman–Crippen LogP) is 1.54. The summed E-state index contributed by atoms with van der Waals surface area (Å²) in [5.74, 6) is 0.896. The molecule has 100 valence electrons. The molecular formula is C14H21NO3. The quantitative estimate of drug-likeness (QED) is 0.812. The van der Waals surface area contributed by atoms with Crippen LogP contribution in [0.5, 0.6) is 5.75 Å². The molecule has 1 fully saturated rings. The first-order valence-corrected chi connectivity index (χ1v) is 6.27. The van der Waals surface area contributed by atoms with Crippen molar-refractivity contribution in [3.8, 4) is 5.75 Å². The van der Waals surface area contributed by atoms with Crippen molar-refractivity contribution in [3.05, 3.63) is 29.8 Å². The molecule has 1 atom stereocenters. The number of benzene rings is 1. The highest BCUT2D eigenvalue weighted by atomic mass is 16.5. The summed E-state index contributed by atoms with van der Waals surface area (Å²) in [7, 11) is 3.43. The molecule has 0 aromatic heterocycles. The Bertz CT molecular complexity index is 353. The van der Waals surface area contributed by atoms with Crippen LogP contribution in [0.25, 0.3) is 0 Å². The fraction of sp³-hybridized carbons (Fsp3) is 0.571. The number of hydrogen-bond donors (Lipinski definition) is 0. The van der Waals surface area contributed by atoms with Crippen LogP contribution in [-0.2, 0) is 16.0 Å². The summed E-state index contributed by atoms with van der Waals surface area (Å²) >= 11 is 0. The van der Waals surface area contributed by atoms with Crippen LogP contribution in [-0.4, -0.2) is 51.5 Å². The van der Waals surface area contributed by atoms with Crippen LogP contribution in [0.15, 0.2) is 24.3 Å². The van der Waals surface area contributed by atoms with Crippen molar-refractivity contribution < 1.29 is 14.2 Å². The van der Waals surface area contributed by atoms with E-state index in [1.54, 1.807) is 14.2 Å². The van der Waals surface area contributed by atoms with Gasteiger partial charge in [-0.25, -0.2) is 0 Å². The highest BCUT2D eigenvalue weighted by Gasteiger charge is 2.18. The molecule has 1 aromatic rings. The van der Waals surface area contributed by atoms with E-state index in [0.717, 1.165) is 32.0 Å². The summed E-state index contributed by atoms with van der Waals surface area (Å²) in [6, 6.07) is 8.20. The van der Waals surface area contributed by atoms with E-state index in [2.05, 4.69) is 17.0 Å². The molecule has 0 aliphatic carbocycles. The molecule has 18 heavy (non-hydrogen) atoms.